The molecule has 1 N–H and O–H groups in total. The fourth-order valence-corrected chi connectivity index (χ4v) is 3.14. The maximum absolute atomic E-state index is 13.8. The molecular weight excluding hydrogens is 354 g/mol. The highest BCUT2D eigenvalue weighted by Crippen LogP contribution is 2.22. The standard InChI is InChI=1S/C19H14F2N4O2/c1-11-8-17(26)23-19-13-4-2-3-5-16(13)24(25(11)19)10-18(27)22-15-7-6-12(20)9-14(15)21/h2-9H,10H2,1H3,(H,22,27). The van der Waals surface area contributed by atoms with E-state index in [1.807, 2.05) is 18.2 Å². The zero-order valence-electron chi connectivity index (χ0n) is 14.2. The third-order valence-corrected chi connectivity index (χ3v) is 4.25. The van der Waals surface area contributed by atoms with E-state index in [0.29, 0.717) is 22.9 Å². The minimum Gasteiger partial charge on any atom is -0.322 e. The van der Waals surface area contributed by atoms with E-state index in [0.717, 1.165) is 17.5 Å². The topological polar surface area (TPSA) is 68.4 Å². The van der Waals surface area contributed by atoms with Crippen molar-refractivity contribution in [3.8, 4) is 0 Å². The van der Waals surface area contributed by atoms with E-state index in [4.69, 9.17) is 0 Å². The lowest BCUT2D eigenvalue weighted by Crippen LogP contribution is -2.23. The molecule has 136 valence electrons. The normalized spacial score (nSPS) is 11.2. The van der Waals surface area contributed by atoms with Gasteiger partial charge in [0.1, 0.15) is 18.2 Å². The van der Waals surface area contributed by atoms with Gasteiger partial charge in [0.05, 0.1) is 11.2 Å². The summed E-state index contributed by atoms with van der Waals surface area (Å²) in [5.74, 6) is -2.08. The Hall–Kier alpha value is -3.55. The number of benzene rings is 2. The number of hydrogen-bond acceptors (Lipinski definition) is 3. The van der Waals surface area contributed by atoms with Gasteiger partial charge in [-0.15, -0.1) is 0 Å². The number of hydrogen-bond donors (Lipinski definition) is 1. The molecular formula is C19H14F2N4O2. The first-order valence-electron chi connectivity index (χ1n) is 8.17. The number of fused-ring (bicyclic) bond motifs is 3. The smallest absolute Gasteiger partial charge is 0.273 e. The fraction of sp³-hybridized carbons (Fsp3) is 0.105. The first-order valence-corrected chi connectivity index (χ1v) is 8.17. The van der Waals surface area contributed by atoms with Crippen molar-refractivity contribution < 1.29 is 13.6 Å². The molecule has 0 aliphatic carbocycles. The zero-order chi connectivity index (χ0) is 19.1. The van der Waals surface area contributed by atoms with Crippen molar-refractivity contribution in [1.29, 1.82) is 0 Å². The van der Waals surface area contributed by atoms with Crippen LogP contribution in [0, 0.1) is 18.6 Å². The molecule has 2 aromatic heterocycles. The zero-order valence-corrected chi connectivity index (χ0v) is 14.2. The number of nitrogens with zero attached hydrogens (tertiary/aromatic N) is 3. The highest BCUT2D eigenvalue weighted by molar-refractivity contribution is 5.95. The lowest BCUT2D eigenvalue weighted by molar-refractivity contribution is -0.116. The Morgan fingerprint density at radius 3 is 2.70 bits per heavy atom. The summed E-state index contributed by atoms with van der Waals surface area (Å²) in [5.41, 5.74) is 1.28. The van der Waals surface area contributed by atoms with Crippen molar-refractivity contribution in [2.45, 2.75) is 13.5 Å². The maximum atomic E-state index is 13.8. The molecule has 8 heteroatoms. The minimum absolute atomic E-state index is 0.108. The predicted octanol–water partition coefficient (Wildman–Crippen LogP) is 2.87. The third-order valence-electron chi connectivity index (χ3n) is 4.25. The van der Waals surface area contributed by atoms with Gasteiger partial charge in [-0.05, 0) is 31.2 Å². The number of carbonyl (C=O) groups excluding carboxylic acids is 1. The van der Waals surface area contributed by atoms with Crippen molar-refractivity contribution in [3.05, 3.63) is 76.2 Å². The van der Waals surface area contributed by atoms with E-state index in [1.165, 1.54) is 6.07 Å². The van der Waals surface area contributed by atoms with Crippen LogP contribution in [0.5, 0.6) is 0 Å². The monoisotopic (exact) mass is 368 g/mol. The summed E-state index contributed by atoms with van der Waals surface area (Å²) in [5, 5.41) is 3.16. The van der Waals surface area contributed by atoms with Crippen LogP contribution in [-0.4, -0.2) is 20.1 Å². The molecule has 4 aromatic rings. The molecule has 2 heterocycles. The van der Waals surface area contributed by atoms with E-state index in [-0.39, 0.29) is 17.8 Å². The lowest BCUT2D eigenvalue weighted by atomic mass is 10.2. The number of halogens is 2. The van der Waals surface area contributed by atoms with Crippen molar-refractivity contribution in [3.63, 3.8) is 0 Å². The van der Waals surface area contributed by atoms with Crippen LogP contribution in [0.2, 0.25) is 0 Å². The fourth-order valence-electron chi connectivity index (χ4n) is 3.14. The highest BCUT2D eigenvalue weighted by atomic mass is 19.1. The van der Waals surface area contributed by atoms with Crippen LogP contribution in [0.3, 0.4) is 0 Å². The predicted molar refractivity (Wildman–Crippen MR) is 96.7 cm³/mol. The largest absolute Gasteiger partial charge is 0.322 e. The van der Waals surface area contributed by atoms with Gasteiger partial charge < -0.3 is 5.32 Å². The summed E-state index contributed by atoms with van der Waals surface area (Å²) >= 11 is 0. The van der Waals surface area contributed by atoms with Crippen LogP contribution in [0.25, 0.3) is 16.6 Å². The molecule has 0 bridgehead atoms. The van der Waals surface area contributed by atoms with Gasteiger partial charge in [0, 0.05) is 23.2 Å². The van der Waals surface area contributed by atoms with Gasteiger partial charge in [-0.2, -0.15) is 4.98 Å². The maximum Gasteiger partial charge on any atom is 0.273 e. The summed E-state index contributed by atoms with van der Waals surface area (Å²) in [7, 11) is 0. The van der Waals surface area contributed by atoms with Crippen LogP contribution >= 0.6 is 0 Å². The van der Waals surface area contributed by atoms with Crippen molar-refractivity contribution >= 4 is 28.1 Å². The van der Waals surface area contributed by atoms with Gasteiger partial charge in [0.25, 0.3) is 5.56 Å². The number of carbonyl (C=O) groups is 1. The summed E-state index contributed by atoms with van der Waals surface area (Å²) < 4.78 is 30.1. The Balaban J connectivity index is 1.78. The van der Waals surface area contributed by atoms with Gasteiger partial charge >= 0.3 is 0 Å². The van der Waals surface area contributed by atoms with Crippen LogP contribution < -0.4 is 10.9 Å². The highest BCUT2D eigenvalue weighted by Gasteiger charge is 2.16. The Kier molecular flexibility index (Phi) is 3.95. The van der Waals surface area contributed by atoms with Gasteiger partial charge in [-0.1, -0.05) is 12.1 Å². The molecule has 0 unspecified atom stereocenters. The lowest BCUT2D eigenvalue weighted by Gasteiger charge is -2.11. The molecule has 0 radical (unpaired) electrons. The molecule has 0 saturated heterocycles. The Morgan fingerprint density at radius 2 is 1.93 bits per heavy atom. The second kappa shape index (κ2) is 6.31. The molecule has 1 amide bonds. The molecule has 0 aliphatic rings. The average Bonchev–Trinajstić information content (AvgIpc) is 2.92. The SMILES string of the molecule is Cc1cc(=O)nc2c3ccccc3n(CC(=O)Nc3ccc(F)cc3F)n12. The molecule has 0 fully saturated rings. The number of rotatable bonds is 3. The summed E-state index contributed by atoms with van der Waals surface area (Å²) in [6.07, 6.45) is 0. The minimum atomic E-state index is -0.855. The summed E-state index contributed by atoms with van der Waals surface area (Å²) in [6.45, 7) is 1.59. The number of amides is 1. The third kappa shape index (κ3) is 2.95. The van der Waals surface area contributed by atoms with Crippen molar-refractivity contribution in [2.24, 2.45) is 0 Å². The van der Waals surface area contributed by atoms with Crippen LogP contribution in [0.15, 0.2) is 53.3 Å². The second-order valence-corrected chi connectivity index (χ2v) is 6.12. The number of nitrogens with one attached hydrogen (secondary N) is 1. The van der Waals surface area contributed by atoms with E-state index in [2.05, 4.69) is 10.3 Å². The van der Waals surface area contributed by atoms with Crippen LogP contribution in [0.1, 0.15) is 5.69 Å². The first-order chi connectivity index (χ1) is 12.9. The molecule has 0 saturated carbocycles. The van der Waals surface area contributed by atoms with Gasteiger partial charge in [0.2, 0.25) is 5.91 Å². The average molecular weight is 368 g/mol. The van der Waals surface area contributed by atoms with Crippen LogP contribution in [-0.2, 0) is 11.3 Å². The molecule has 0 aliphatic heterocycles. The van der Waals surface area contributed by atoms with E-state index < -0.39 is 17.5 Å². The molecule has 2 aromatic carbocycles. The van der Waals surface area contributed by atoms with Crippen LogP contribution in [0.4, 0.5) is 14.5 Å². The van der Waals surface area contributed by atoms with Gasteiger partial charge in [-0.25, -0.2) is 13.3 Å². The van der Waals surface area contributed by atoms with Gasteiger partial charge in [0.15, 0.2) is 5.65 Å². The van der Waals surface area contributed by atoms with Crippen molar-refractivity contribution in [1.82, 2.24) is 14.2 Å². The van der Waals surface area contributed by atoms with E-state index in [1.54, 1.807) is 22.2 Å². The summed E-state index contributed by atoms with van der Waals surface area (Å²) in [4.78, 5) is 28.3. The molecule has 0 atom stereocenters. The number of anilines is 1. The molecule has 4 rings (SSSR count). The number of aromatic nitrogens is 3. The quantitative estimate of drug-likeness (QED) is 0.605. The number of aryl methyl sites for hydroxylation is 1. The van der Waals surface area contributed by atoms with E-state index >= 15 is 0 Å². The Labute approximate surface area is 151 Å². The first kappa shape index (κ1) is 16.9. The molecule has 0 spiro atoms. The second-order valence-electron chi connectivity index (χ2n) is 6.12. The molecule has 6 nitrogen and oxygen atoms in total. The van der Waals surface area contributed by atoms with E-state index in [9.17, 15) is 18.4 Å². The van der Waals surface area contributed by atoms with Gasteiger partial charge in [-0.3, -0.25) is 14.3 Å². The number of para-hydroxylation sites is 1. The molecule has 27 heavy (non-hydrogen) atoms. The van der Waals surface area contributed by atoms with Crippen molar-refractivity contribution in [2.75, 3.05) is 5.32 Å². The Morgan fingerprint density at radius 1 is 1.15 bits per heavy atom. The Bertz CT molecular complexity index is 1260. The summed E-state index contributed by atoms with van der Waals surface area (Å²) in [6, 6.07) is 11.5.